The second-order valence-corrected chi connectivity index (χ2v) is 10.6. The lowest BCUT2D eigenvalue weighted by Crippen LogP contribution is -2.36. The number of aromatic nitrogens is 5. The Morgan fingerprint density at radius 1 is 1.11 bits per heavy atom. The number of hydrogen-bond acceptors (Lipinski definition) is 6. The molecule has 0 saturated heterocycles. The molecular formula is C26H25F3N6OS. The van der Waals surface area contributed by atoms with Gasteiger partial charge in [-0.3, -0.25) is 4.68 Å². The Balaban J connectivity index is 1.24. The summed E-state index contributed by atoms with van der Waals surface area (Å²) >= 11 is 1.57. The molecule has 37 heavy (non-hydrogen) atoms. The number of aryl methyl sites for hydroxylation is 1. The molecule has 5 aromatic rings. The van der Waals surface area contributed by atoms with Gasteiger partial charge >= 0.3 is 6.18 Å². The predicted molar refractivity (Wildman–Crippen MR) is 138 cm³/mol. The monoisotopic (exact) mass is 526 g/mol. The molecule has 3 aromatic heterocycles. The summed E-state index contributed by atoms with van der Waals surface area (Å²) in [5.41, 5.74) is 2.97. The van der Waals surface area contributed by atoms with Crippen molar-refractivity contribution in [3.63, 3.8) is 0 Å². The van der Waals surface area contributed by atoms with Gasteiger partial charge in [0, 0.05) is 25.4 Å². The topological polar surface area (TPSA) is 80.8 Å². The fourth-order valence-electron chi connectivity index (χ4n) is 5.03. The van der Waals surface area contributed by atoms with Crippen molar-refractivity contribution in [2.24, 2.45) is 7.05 Å². The lowest BCUT2D eigenvalue weighted by molar-refractivity contribution is -0.140. The fraction of sp³-hybridized carbons (Fsp3) is 0.346. The zero-order chi connectivity index (χ0) is 25.7. The molecule has 192 valence electrons. The molecule has 1 aliphatic rings. The number of aliphatic hydroxyl groups is 1. The summed E-state index contributed by atoms with van der Waals surface area (Å²) in [4.78, 5) is 9.13. The van der Waals surface area contributed by atoms with Crippen molar-refractivity contribution in [1.29, 1.82) is 0 Å². The van der Waals surface area contributed by atoms with Crippen LogP contribution in [-0.4, -0.2) is 41.6 Å². The van der Waals surface area contributed by atoms with Crippen LogP contribution in [0.15, 0.2) is 48.9 Å². The van der Waals surface area contributed by atoms with E-state index >= 15 is 0 Å². The third kappa shape index (κ3) is 4.69. The second kappa shape index (κ2) is 9.14. The number of alkyl halides is 3. The standard InChI is InChI=1S/C26H25F3N6OS/c1-34-13-17(24(33-34)26(27,28)29)16-7-9-21-20(11-16)30-14-35(21)12-15-6-8-19-23(10-15)37-25(32-19)31-18-4-2-3-5-22(18)36/h6-11,13-14,18,22,36H,2-5,12H2,1H3,(H,31,32). The van der Waals surface area contributed by atoms with E-state index in [4.69, 9.17) is 0 Å². The smallest absolute Gasteiger partial charge is 0.391 e. The molecule has 2 N–H and O–H groups in total. The van der Waals surface area contributed by atoms with Crippen molar-refractivity contribution < 1.29 is 18.3 Å². The van der Waals surface area contributed by atoms with E-state index in [1.807, 2.05) is 16.7 Å². The van der Waals surface area contributed by atoms with Gasteiger partial charge in [-0.1, -0.05) is 36.3 Å². The Hall–Kier alpha value is -3.44. The minimum Gasteiger partial charge on any atom is -0.391 e. The van der Waals surface area contributed by atoms with Crippen molar-refractivity contribution in [2.45, 2.75) is 50.6 Å². The summed E-state index contributed by atoms with van der Waals surface area (Å²) in [6.45, 7) is 0.564. The Morgan fingerprint density at radius 3 is 2.76 bits per heavy atom. The number of fused-ring (bicyclic) bond motifs is 2. The van der Waals surface area contributed by atoms with Crippen LogP contribution in [0.3, 0.4) is 0 Å². The summed E-state index contributed by atoms with van der Waals surface area (Å²) in [6, 6.07) is 11.3. The van der Waals surface area contributed by atoms with Crippen molar-refractivity contribution in [1.82, 2.24) is 24.3 Å². The summed E-state index contributed by atoms with van der Waals surface area (Å²) in [7, 11) is 1.48. The van der Waals surface area contributed by atoms with E-state index in [1.165, 1.54) is 17.9 Å². The first kappa shape index (κ1) is 23.9. The molecule has 3 heterocycles. The molecule has 0 spiro atoms. The van der Waals surface area contributed by atoms with Crippen LogP contribution in [0.1, 0.15) is 36.9 Å². The van der Waals surface area contributed by atoms with Gasteiger partial charge < -0.3 is 15.0 Å². The van der Waals surface area contributed by atoms with Crippen LogP contribution in [0, 0.1) is 0 Å². The Morgan fingerprint density at radius 2 is 1.95 bits per heavy atom. The lowest BCUT2D eigenvalue weighted by Gasteiger charge is -2.27. The maximum absolute atomic E-state index is 13.4. The maximum Gasteiger partial charge on any atom is 0.435 e. The van der Waals surface area contributed by atoms with Crippen LogP contribution in [0.2, 0.25) is 0 Å². The molecule has 0 radical (unpaired) electrons. The highest BCUT2D eigenvalue weighted by molar-refractivity contribution is 7.22. The number of imidazole rings is 1. The number of nitrogens with zero attached hydrogens (tertiary/aromatic N) is 5. The molecule has 1 fully saturated rings. The van der Waals surface area contributed by atoms with E-state index in [0.717, 1.165) is 52.1 Å². The number of aliphatic hydroxyl groups excluding tert-OH is 1. The van der Waals surface area contributed by atoms with Crippen molar-refractivity contribution in [3.8, 4) is 11.1 Å². The summed E-state index contributed by atoms with van der Waals surface area (Å²) in [5.74, 6) is 0. The number of nitrogens with one attached hydrogen (secondary N) is 1. The van der Waals surface area contributed by atoms with Crippen LogP contribution < -0.4 is 5.32 Å². The van der Waals surface area contributed by atoms with Crippen molar-refractivity contribution in [2.75, 3.05) is 5.32 Å². The third-order valence-electron chi connectivity index (χ3n) is 6.87. The Bertz CT molecular complexity index is 1590. The second-order valence-electron chi connectivity index (χ2n) is 9.56. The minimum atomic E-state index is -4.54. The molecule has 7 nitrogen and oxygen atoms in total. The van der Waals surface area contributed by atoms with E-state index in [1.54, 1.807) is 35.9 Å². The molecule has 1 aliphatic carbocycles. The molecule has 0 bridgehead atoms. The number of hydrogen-bond donors (Lipinski definition) is 2. The third-order valence-corrected chi connectivity index (χ3v) is 7.82. The molecule has 1 saturated carbocycles. The molecular weight excluding hydrogens is 501 g/mol. The Kier molecular flexibility index (Phi) is 5.91. The quantitative estimate of drug-likeness (QED) is 0.301. The van der Waals surface area contributed by atoms with Crippen LogP contribution in [-0.2, 0) is 19.8 Å². The molecule has 2 aromatic carbocycles. The van der Waals surface area contributed by atoms with E-state index in [9.17, 15) is 18.3 Å². The van der Waals surface area contributed by atoms with Gasteiger partial charge in [-0.05, 0) is 48.2 Å². The summed E-state index contributed by atoms with van der Waals surface area (Å²) in [6.07, 6.45) is 2.13. The van der Waals surface area contributed by atoms with Gasteiger partial charge in [-0.25, -0.2) is 9.97 Å². The predicted octanol–water partition coefficient (Wildman–Crippen LogP) is 5.83. The van der Waals surface area contributed by atoms with E-state index < -0.39 is 11.9 Å². The minimum absolute atomic E-state index is 0.0345. The average Bonchev–Trinajstić information content (AvgIpc) is 3.56. The number of thiazole rings is 1. The highest BCUT2D eigenvalue weighted by atomic mass is 32.1. The number of anilines is 1. The highest BCUT2D eigenvalue weighted by Crippen LogP contribution is 2.37. The molecule has 11 heteroatoms. The molecule has 0 amide bonds. The highest BCUT2D eigenvalue weighted by Gasteiger charge is 2.37. The fourth-order valence-corrected chi connectivity index (χ4v) is 6.02. The molecule has 6 rings (SSSR count). The first-order valence-corrected chi connectivity index (χ1v) is 13.0. The normalized spacial score (nSPS) is 18.6. The SMILES string of the molecule is Cn1cc(-c2ccc3c(c2)ncn3Cc2ccc3nc(NC4CCCCC4O)sc3c2)c(C(F)(F)F)n1. The van der Waals surface area contributed by atoms with E-state index in [2.05, 4.69) is 26.4 Å². The lowest BCUT2D eigenvalue weighted by atomic mass is 9.93. The largest absolute Gasteiger partial charge is 0.435 e. The molecule has 0 aliphatic heterocycles. The number of rotatable bonds is 5. The van der Waals surface area contributed by atoms with Gasteiger partial charge in [0.25, 0.3) is 0 Å². The van der Waals surface area contributed by atoms with Crippen LogP contribution in [0.25, 0.3) is 32.4 Å². The van der Waals surface area contributed by atoms with Crippen molar-refractivity contribution >= 4 is 37.7 Å². The molecule has 2 unspecified atom stereocenters. The molecule has 2 atom stereocenters. The van der Waals surface area contributed by atoms with Crippen LogP contribution in [0.4, 0.5) is 18.3 Å². The van der Waals surface area contributed by atoms with E-state index in [0.29, 0.717) is 17.6 Å². The number of halogens is 3. The average molecular weight is 527 g/mol. The van der Waals surface area contributed by atoms with Gasteiger partial charge in [0.1, 0.15) is 0 Å². The van der Waals surface area contributed by atoms with Gasteiger partial charge in [-0.2, -0.15) is 18.3 Å². The van der Waals surface area contributed by atoms with Crippen LogP contribution >= 0.6 is 11.3 Å². The zero-order valence-electron chi connectivity index (χ0n) is 20.0. The first-order chi connectivity index (χ1) is 17.7. The van der Waals surface area contributed by atoms with Gasteiger partial charge in [0.15, 0.2) is 10.8 Å². The van der Waals surface area contributed by atoms with Gasteiger partial charge in [-0.15, -0.1) is 0 Å². The first-order valence-electron chi connectivity index (χ1n) is 12.1. The summed E-state index contributed by atoms with van der Waals surface area (Å²) in [5, 5.41) is 18.1. The van der Waals surface area contributed by atoms with E-state index in [-0.39, 0.29) is 17.7 Å². The summed E-state index contributed by atoms with van der Waals surface area (Å²) < 4.78 is 44.5. The zero-order valence-corrected chi connectivity index (χ0v) is 20.9. The number of benzene rings is 2. The Labute approximate surface area is 214 Å². The van der Waals surface area contributed by atoms with Crippen molar-refractivity contribution in [3.05, 3.63) is 60.2 Å². The van der Waals surface area contributed by atoms with Gasteiger partial charge in [0.2, 0.25) is 0 Å². The van der Waals surface area contributed by atoms with Gasteiger partial charge in [0.05, 0.1) is 39.7 Å². The van der Waals surface area contributed by atoms with Crippen LogP contribution in [0.5, 0.6) is 0 Å². The maximum atomic E-state index is 13.4.